The van der Waals surface area contributed by atoms with Crippen molar-refractivity contribution in [3.63, 3.8) is 0 Å². The highest BCUT2D eigenvalue weighted by Crippen LogP contribution is 2.59. The molecule has 10 N–H and O–H groups in total. The third-order valence-corrected chi connectivity index (χ3v) is 8.34. The number of H-pyrrole nitrogens is 1. The molecule has 3 aromatic rings. The Kier molecular flexibility index (Phi) is 6.47. The maximum Gasteiger partial charge on any atom is 0.663 e. The number of anilines is 2. The second kappa shape index (κ2) is 10.0. The SMILES string of the molecule is Nc1nc2c(ncn2C2=C3C/C(=C\O[P+](O)(O)Oc4cc(N5CN[C@@H]6C(=O)NCNC65)oc4CO[P+](O)(O)O3)O2)c(=O)[nH]1. The number of hydrogen-bond acceptors (Lipinski definition) is 18. The number of ether oxygens (including phenoxy) is 1. The number of carbonyl (C=O) groups excluding carboxylic acids is 1. The minimum Gasteiger partial charge on any atom is -0.439 e. The van der Waals surface area contributed by atoms with Crippen LogP contribution in [0.1, 0.15) is 12.2 Å². The first-order chi connectivity index (χ1) is 20.5. The molecule has 7 rings (SSSR count). The summed E-state index contributed by atoms with van der Waals surface area (Å²) in [6.45, 7) is -0.297. The lowest BCUT2D eigenvalue weighted by molar-refractivity contribution is -0.124. The van der Waals surface area contributed by atoms with Crippen LogP contribution in [0.4, 0.5) is 11.8 Å². The van der Waals surface area contributed by atoms with E-state index in [0.717, 1.165) is 17.2 Å². The zero-order valence-electron chi connectivity index (χ0n) is 21.5. The van der Waals surface area contributed by atoms with E-state index >= 15 is 0 Å². The molecule has 0 radical (unpaired) electrons. The molecule has 4 aliphatic rings. The Hall–Kier alpha value is -4.04. The fourth-order valence-corrected chi connectivity index (χ4v) is 6.25. The van der Waals surface area contributed by atoms with Gasteiger partial charge >= 0.3 is 16.3 Å². The van der Waals surface area contributed by atoms with E-state index in [0.29, 0.717) is 0 Å². The van der Waals surface area contributed by atoms with Gasteiger partial charge in [-0.25, -0.2) is 9.55 Å². The molecular formula is C20H23N9O12P2+2. The van der Waals surface area contributed by atoms with Crippen molar-refractivity contribution in [3.8, 4) is 5.75 Å². The average molecular weight is 643 g/mol. The van der Waals surface area contributed by atoms with Crippen molar-refractivity contribution >= 4 is 51.1 Å². The summed E-state index contributed by atoms with van der Waals surface area (Å²) in [6.07, 6.45) is 1.19. The van der Waals surface area contributed by atoms with Gasteiger partial charge in [0.25, 0.3) is 11.4 Å². The van der Waals surface area contributed by atoms with Crippen LogP contribution in [0, 0.1) is 0 Å². The number of carbonyl (C=O) groups is 1. The molecule has 228 valence electrons. The number of imidazole rings is 1. The summed E-state index contributed by atoms with van der Waals surface area (Å²) in [4.78, 5) is 79.0. The number of rotatable bonds is 2. The molecule has 1 unspecified atom stereocenters. The standard InChI is InChI=1S/C20H21N9O12P2/c21-20-26-16-14(18(31)27-20)25-7-29(16)19-10-1-8(38-19)3-36-42(32,33)40-9-2-12(39-11(9)4-37-43(34,35)41-10)28-6-24-13-15(28)22-5-23-17(13)30/h2-3,7,13,15,22,24,32-35H,1,4-6H2,(H2-2,21,23,26,27,30,31)/p+2/b8-3+/t13-,15?/m0/s1. The lowest BCUT2D eigenvalue weighted by Gasteiger charge is -2.30. The summed E-state index contributed by atoms with van der Waals surface area (Å²) >= 11 is 0. The fraction of sp³-hybridized carbons (Fsp3) is 0.300. The number of amides is 1. The van der Waals surface area contributed by atoms with Crippen LogP contribution >= 0.6 is 16.3 Å². The number of nitrogens with two attached hydrogens (primary N) is 1. The Labute approximate surface area is 239 Å². The van der Waals surface area contributed by atoms with Crippen LogP contribution in [-0.2, 0) is 29.7 Å². The third kappa shape index (κ3) is 5.12. The zero-order chi connectivity index (χ0) is 30.1. The van der Waals surface area contributed by atoms with Crippen molar-refractivity contribution in [1.29, 1.82) is 0 Å². The number of aromatic amines is 1. The van der Waals surface area contributed by atoms with Crippen molar-refractivity contribution in [3.05, 3.63) is 46.3 Å². The quantitative estimate of drug-likeness (QED) is 0.142. The molecular weight excluding hydrogens is 620 g/mol. The van der Waals surface area contributed by atoms with Crippen molar-refractivity contribution in [1.82, 2.24) is 35.5 Å². The lowest BCUT2D eigenvalue weighted by Crippen LogP contribution is -2.62. The van der Waals surface area contributed by atoms with Gasteiger partial charge in [0.05, 0.1) is 25.8 Å². The van der Waals surface area contributed by atoms with E-state index in [1.165, 1.54) is 6.07 Å². The Bertz CT molecular complexity index is 1750. The Morgan fingerprint density at radius 2 is 1.95 bits per heavy atom. The molecule has 0 aliphatic carbocycles. The van der Waals surface area contributed by atoms with Crippen molar-refractivity contribution < 1.29 is 51.6 Å². The Morgan fingerprint density at radius 1 is 1.12 bits per heavy atom. The minimum absolute atomic E-state index is 0.0489. The van der Waals surface area contributed by atoms with Crippen LogP contribution in [0.25, 0.3) is 17.0 Å². The van der Waals surface area contributed by atoms with Crippen molar-refractivity contribution in [2.24, 2.45) is 0 Å². The van der Waals surface area contributed by atoms with Gasteiger partial charge in [0.2, 0.25) is 29.2 Å². The molecule has 43 heavy (non-hydrogen) atoms. The monoisotopic (exact) mass is 643 g/mol. The average Bonchev–Trinajstić information content (AvgIpc) is 3.71. The van der Waals surface area contributed by atoms with Crippen LogP contribution in [0.5, 0.6) is 5.75 Å². The number of furan rings is 1. The predicted molar refractivity (Wildman–Crippen MR) is 143 cm³/mol. The number of aromatic nitrogens is 4. The molecule has 0 aromatic carbocycles. The van der Waals surface area contributed by atoms with E-state index in [-0.39, 0.29) is 77.6 Å². The van der Waals surface area contributed by atoms with Crippen LogP contribution < -0.4 is 36.7 Å². The number of hydrogen-bond donors (Lipinski definition) is 9. The molecule has 2 saturated heterocycles. The third-order valence-electron chi connectivity index (χ3n) is 6.61. The summed E-state index contributed by atoms with van der Waals surface area (Å²) in [6, 6.07) is 0.702. The van der Waals surface area contributed by atoms with E-state index in [2.05, 4.69) is 30.9 Å². The molecule has 23 heteroatoms. The molecule has 2 bridgehead atoms. The minimum atomic E-state index is -4.68. The molecule has 2 fully saturated rings. The highest BCUT2D eigenvalue weighted by molar-refractivity contribution is 7.55. The number of nitrogen functional groups attached to an aromatic ring is 1. The van der Waals surface area contributed by atoms with Gasteiger partial charge < -0.3 is 25.1 Å². The first-order valence-electron chi connectivity index (χ1n) is 12.3. The van der Waals surface area contributed by atoms with Gasteiger partial charge in [-0.3, -0.25) is 38.8 Å². The van der Waals surface area contributed by atoms with Crippen LogP contribution in [0.15, 0.2) is 39.4 Å². The molecule has 7 heterocycles. The summed E-state index contributed by atoms with van der Waals surface area (Å²) < 4.78 is 33.9. The lowest BCUT2D eigenvalue weighted by atomic mass is 10.2. The van der Waals surface area contributed by atoms with Crippen molar-refractivity contribution in [2.75, 3.05) is 24.0 Å². The van der Waals surface area contributed by atoms with Crippen LogP contribution in [0.2, 0.25) is 0 Å². The summed E-state index contributed by atoms with van der Waals surface area (Å²) in [5.41, 5.74) is 4.88. The van der Waals surface area contributed by atoms with Gasteiger partial charge in [0.15, 0.2) is 35.6 Å². The number of fused-ring (bicyclic) bond motifs is 5. The smallest absolute Gasteiger partial charge is 0.439 e. The van der Waals surface area contributed by atoms with Crippen molar-refractivity contribution in [2.45, 2.75) is 25.2 Å². The topological polar surface area (TPSA) is 286 Å². The Morgan fingerprint density at radius 3 is 2.79 bits per heavy atom. The maximum absolute atomic E-state index is 12.2. The fourth-order valence-electron chi connectivity index (χ4n) is 4.77. The van der Waals surface area contributed by atoms with Gasteiger partial charge in [-0.1, -0.05) is 0 Å². The summed E-state index contributed by atoms with van der Waals surface area (Å²) in [7, 11) is -9.32. The predicted octanol–water partition coefficient (Wildman–Crippen LogP) is -1.61. The largest absolute Gasteiger partial charge is 0.663 e. The van der Waals surface area contributed by atoms with E-state index in [1.54, 1.807) is 4.90 Å². The van der Waals surface area contributed by atoms with Gasteiger partial charge in [0.1, 0.15) is 18.5 Å². The van der Waals surface area contributed by atoms with E-state index < -0.39 is 40.7 Å². The van der Waals surface area contributed by atoms with Gasteiger partial charge in [0, 0.05) is 0 Å². The van der Waals surface area contributed by atoms with E-state index in [9.17, 15) is 29.2 Å². The summed E-state index contributed by atoms with van der Waals surface area (Å²) in [5, 5.41) is 8.81. The van der Waals surface area contributed by atoms with Gasteiger partial charge in [-0.15, -0.1) is 4.52 Å². The number of nitrogens with one attached hydrogen (secondary N) is 4. The van der Waals surface area contributed by atoms with E-state index in [4.69, 9.17) is 33.0 Å². The maximum atomic E-state index is 12.2. The summed E-state index contributed by atoms with van der Waals surface area (Å²) in [5.74, 6) is -1.29. The molecule has 0 saturated carbocycles. The first kappa shape index (κ1) is 27.8. The molecule has 3 aromatic heterocycles. The van der Waals surface area contributed by atoms with Gasteiger partial charge in [-0.05, 0) is 0 Å². The molecule has 2 atom stereocenters. The highest BCUT2D eigenvalue weighted by Gasteiger charge is 2.50. The molecule has 0 spiro atoms. The molecule has 21 nitrogen and oxygen atoms in total. The second-order valence-electron chi connectivity index (χ2n) is 9.42. The van der Waals surface area contributed by atoms with Crippen LogP contribution in [-0.4, -0.2) is 70.5 Å². The zero-order valence-corrected chi connectivity index (χ0v) is 23.3. The Balaban J connectivity index is 1.22. The first-order valence-corrected chi connectivity index (χ1v) is 15.4. The molecule has 4 aliphatic heterocycles. The van der Waals surface area contributed by atoms with E-state index in [1.807, 2.05) is 0 Å². The normalized spacial score (nSPS) is 25.9. The second-order valence-corrected chi connectivity index (χ2v) is 12.2. The highest BCUT2D eigenvalue weighted by atomic mass is 31.2. The number of nitrogens with zero attached hydrogens (tertiary/aromatic N) is 4. The molecule has 1 amide bonds. The van der Waals surface area contributed by atoms with Crippen LogP contribution in [0.3, 0.4) is 0 Å². The van der Waals surface area contributed by atoms with Gasteiger partial charge in [-0.2, -0.15) is 24.6 Å².